The number of benzene rings is 1. The molecule has 1 aliphatic rings. The Labute approximate surface area is 150 Å². The molecule has 3 aromatic rings. The number of hydrogen-bond donors (Lipinski definition) is 0. The maximum atomic E-state index is 14.4. The highest BCUT2D eigenvalue weighted by Gasteiger charge is 2.32. The molecule has 0 radical (unpaired) electrons. The summed E-state index contributed by atoms with van der Waals surface area (Å²) in [5.74, 6) is -0.300. The van der Waals surface area contributed by atoms with Crippen molar-refractivity contribution in [2.45, 2.75) is 31.7 Å². The van der Waals surface area contributed by atoms with Crippen molar-refractivity contribution < 1.29 is 13.7 Å². The van der Waals surface area contributed by atoms with Crippen LogP contribution in [0, 0.1) is 5.82 Å². The predicted octanol–water partition coefficient (Wildman–Crippen LogP) is 4.47. The number of carbonyl (C=O) groups excluding carboxylic acids is 1. The molecule has 1 aromatic carbocycles. The van der Waals surface area contributed by atoms with E-state index in [1.807, 2.05) is 6.07 Å². The molecule has 0 aliphatic heterocycles. The summed E-state index contributed by atoms with van der Waals surface area (Å²) < 4.78 is 19.7. The quantitative estimate of drug-likeness (QED) is 0.696. The van der Waals surface area contributed by atoms with Gasteiger partial charge in [-0.25, -0.2) is 4.39 Å². The standard InChI is InChI=1S/C20H18FN3O2/c21-16-9-3-4-10-18(16)24(15-7-1-2-8-15)20(25)17-12-19(26-23-17)14-6-5-11-22-13-14/h3-6,9-13,15H,1-2,7-8H2. The molecule has 1 saturated carbocycles. The van der Waals surface area contributed by atoms with E-state index in [1.54, 1.807) is 42.7 Å². The highest BCUT2D eigenvalue weighted by molar-refractivity contribution is 6.05. The first-order valence-electron chi connectivity index (χ1n) is 8.69. The second-order valence-electron chi connectivity index (χ2n) is 6.38. The Bertz CT molecular complexity index is 904. The van der Waals surface area contributed by atoms with E-state index in [4.69, 9.17) is 4.52 Å². The third-order valence-electron chi connectivity index (χ3n) is 4.70. The lowest BCUT2D eigenvalue weighted by molar-refractivity contribution is 0.0967. The van der Waals surface area contributed by atoms with Crippen molar-refractivity contribution >= 4 is 11.6 Å². The lowest BCUT2D eigenvalue weighted by Crippen LogP contribution is -2.39. The minimum absolute atomic E-state index is 0.0297. The van der Waals surface area contributed by atoms with Gasteiger partial charge < -0.3 is 9.42 Å². The van der Waals surface area contributed by atoms with Crippen molar-refractivity contribution in [3.8, 4) is 11.3 Å². The molecule has 2 heterocycles. The molecular formula is C20H18FN3O2. The van der Waals surface area contributed by atoms with Crippen molar-refractivity contribution in [3.05, 3.63) is 66.4 Å². The first-order chi connectivity index (χ1) is 12.7. The number of halogens is 1. The highest BCUT2D eigenvalue weighted by Crippen LogP contribution is 2.32. The zero-order valence-corrected chi connectivity index (χ0v) is 14.1. The van der Waals surface area contributed by atoms with E-state index in [-0.39, 0.29) is 23.3 Å². The second-order valence-corrected chi connectivity index (χ2v) is 6.38. The molecule has 1 aliphatic carbocycles. The average molecular weight is 351 g/mol. The van der Waals surface area contributed by atoms with Crippen LogP contribution in [-0.4, -0.2) is 22.1 Å². The van der Waals surface area contributed by atoms with E-state index in [1.165, 1.54) is 11.0 Å². The number of aromatic nitrogens is 2. The number of hydrogen-bond acceptors (Lipinski definition) is 4. The van der Waals surface area contributed by atoms with Crippen molar-refractivity contribution in [2.75, 3.05) is 4.90 Å². The van der Waals surface area contributed by atoms with Gasteiger partial charge in [-0.1, -0.05) is 30.1 Å². The largest absolute Gasteiger partial charge is 0.355 e. The number of amides is 1. The van der Waals surface area contributed by atoms with E-state index in [0.717, 1.165) is 31.2 Å². The third kappa shape index (κ3) is 3.10. The summed E-state index contributed by atoms with van der Waals surface area (Å²) in [5.41, 5.74) is 1.19. The van der Waals surface area contributed by atoms with Crippen LogP contribution < -0.4 is 4.90 Å². The van der Waals surface area contributed by atoms with Gasteiger partial charge in [0.1, 0.15) is 5.82 Å². The van der Waals surface area contributed by atoms with Crippen LogP contribution in [0.5, 0.6) is 0 Å². The molecule has 0 atom stereocenters. The Kier molecular flexibility index (Phi) is 4.48. The van der Waals surface area contributed by atoms with E-state index in [9.17, 15) is 9.18 Å². The van der Waals surface area contributed by atoms with Gasteiger partial charge in [-0.2, -0.15) is 0 Å². The maximum Gasteiger partial charge on any atom is 0.280 e. The Morgan fingerprint density at radius 2 is 1.96 bits per heavy atom. The summed E-state index contributed by atoms with van der Waals surface area (Å²) in [5, 5.41) is 3.92. The van der Waals surface area contributed by atoms with Gasteiger partial charge in [-0.05, 0) is 37.1 Å². The van der Waals surface area contributed by atoms with Crippen LogP contribution in [0.3, 0.4) is 0 Å². The van der Waals surface area contributed by atoms with Crippen LogP contribution in [0.25, 0.3) is 11.3 Å². The number of carbonyl (C=O) groups is 1. The van der Waals surface area contributed by atoms with Crippen LogP contribution >= 0.6 is 0 Å². The molecule has 132 valence electrons. The molecule has 0 bridgehead atoms. The smallest absolute Gasteiger partial charge is 0.280 e. The number of anilines is 1. The molecule has 1 amide bonds. The SMILES string of the molecule is O=C(c1cc(-c2cccnc2)on1)N(c1ccccc1F)C1CCCC1. The van der Waals surface area contributed by atoms with E-state index in [2.05, 4.69) is 10.1 Å². The van der Waals surface area contributed by atoms with Gasteiger partial charge >= 0.3 is 0 Å². The molecule has 0 unspecified atom stereocenters. The monoisotopic (exact) mass is 351 g/mol. The van der Waals surface area contributed by atoms with Crippen LogP contribution in [0.1, 0.15) is 36.2 Å². The van der Waals surface area contributed by atoms with E-state index in [0.29, 0.717) is 5.76 Å². The van der Waals surface area contributed by atoms with Gasteiger partial charge in [-0.15, -0.1) is 0 Å². The molecule has 1 fully saturated rings. The van der Waals surface area contributed by atoms with Crippen molar-refractivity contribution in [3.63, 3.8) is 0 Å². The fourth-order valence-electron chi connectivity index (χ4n) is 3.43. The summed E-state index contributed by atoms with van der Waals surface area (Å²) in [7, 11) is 0. The first-order valence-corrected chi connectivity index (χ1v) is 8.69. The normalized spacial score (nSPS) is 14.5. The average Bonchev–Trinajstić information content (AvgIpc) is 3.36. The number of rotatable bonds is 4. The summed E-state index contributed by atoms with van der Waals surface area (Å²) in [6.07, 6.45) is 7.07. The van der Waals surface area contributed by atoms with Crippen LogP contribution in [0.2, 0.25) is 0 Å². The molecule has 4 rings (SSSR count). The molecule has 5 nitrogen and oxygen atoms in total. The van der Waals surface area contributed by atoms with Crippen LogP contribution in [0.15, 0.2) is 59.4 Å². The molecule has 0 N–H and O–H groups in total. The molecule has 0 spiro atoms. The molecule has 26 heavy (non-hydrogen) atoms. The summed E-state index contributed by atoms with van der Waals surface area (Å²) in [6, 6.07) is 11.5. The van der Waals surface area contributed by atoms with Gasteiger partial charge in [0.05, 0.1) is 5.69 Å². The summed E-state index contributed by atoms with van der Waals surface area (Å²) in [4.78, 5) is 18.7. The maximum absolute atomic E-state index is 14.4. The minimum atomic E-state index is -0.413. The van der Waals surface area contributed by atoms with E-state index < -0.39 is 5.82 Å². The highest BCUT2D eigenvalue weighted by atomic mass is 19.1. The first kappa shape index (κ1) is 16.4. The Hall–Kier alpha value is -3.02. The number of pyridine rings is 1. The van der Waals surface area contributed by atoms with Gasteiger partial charge in [0.2, 0.25) is 0 Å². The summed E-state index contributed by atoms with van der Waals surface area (Å²) in [6.45, 7) is 0. The minimum Gasteiger partial charge on any atom is -0.355 e. The topological polar surface area (TPSA) is 59.2 Å². The number of para-hydroxylation sites is 1. The molecular weight excluding hydrogens is 333 g/mol. The lowest BCUT2D eigenvalue weighted by atomic mass is 10.1. The van der Waals surface area contributed by atoms with Crippen LogP contribution in [0.4, 0.5) is 10.1 Å². The molecule has 6 heteroatoms. The zero-order chi connectivity index (χ0) is 17.9. The zero-order valence-electron chi connectivity index (χ0n) is 14.1. The van der Waals surface area contributed by atoms with Gasteiger partial charge in [0.15, 0.2) is 11.5 Å². The summed E-state index contributed by atoms with van der Waals surface area (Å²) >= 11 is 0. The lowest BCUT2D eigenvalue weighted by Gasteiger charge is -2.28. The van der Waals surface area contributed by atoms with Crippen molar-refractivity contribution in [1.82, 2.24) is 10.1 Å². The van der Waals surface area contributed by atoms with Gasteiger partial charge in [-0.3, -0.25) is 9.78 Å². The number of nitrogens with zero attached hydrogens (tertiary/aromatic N) is 3. The van der Waals surface area contributed by atoms with Crippen LogP contribution in [-0.2, 0) is 0 Å². The Morgan fingerprint density at radius 3 is 2.69 bits per heavy atom. The predicted molar refractivity (Wildman–Crippen MR) is 95.2 cm³/mol. The third-order valence-corrected chi connectivity index (χ3v) is 4.70. The van der Waals surface area contributed by atoms with Crippen molar-refractivity contribution in [1.29, 1.82) is 0 Å². The van der Waals surface area contributed by atoms with Gasteiger partial charge in [0, 0.05) is 30.1 Å². The van der Waals surface area contributed by atoms with Gasteiger partial charge in [0.25, 0.3) is 5.91 Å². The second kappa shape index (κ2) is 7.07. The fourth-order valence-corrected chi connectivity index (χ4v) is 3.43. The fraction of sp³-hybridized carbons (Fsp3) is 0.250. The molecule has 2 aromatic heterocycles. The molecule has 0 saturated heterocycles. The Morgan fingerprint density at radius 1 is 1.15 bits per heavy atom. The van der Waals surface area contributed by atoms with E-state index >= 15 is 0 Å². The van der Waals surface area contributed by atoms with Crippen molar-refractivity contribution in [2.24, 2.45) is 0 Å². The Balaban J connectivity index is 1.69.